The number of piperidine rings is 1. The summed E-state index contributed by atoms with van der Waals surface area (Å²) in [4.78, 5) is 32.6. The predicted octanol–water partition coefficient (Wildman–Crippen LogP) is 2.80. The van der Waals surface area contributed by atoms with Crippen molar-refractivity contribution in [1.29, 1.82) is 0 Å². The van der Waals surface area contributed by atoms with E-state index < -0.39 is 0 Å². The molecule has 1 fully saturated rings. The standard InChI is InChI=1S/C21H24FN3O2/c1-16(26)25(14-18-4-2-10-23-13-18)20-5-3-11-24(15-20)21(27)12-17-6-8-19(22)9-7-17/h2,4,6-10,13,20H,3,5,11-12,14-15H2,1H3. The Morgan fingerprint density at radius 3 is 2.67 bits per heavy atom. The molecule has 0 aliphatic carbocycles. The minimum Gasteiger partial charge on any atom is -0.340 e. The summed E-state index contributed by atoms with van der Waals surface area (Å²) in [5.74, 6) is -0.301. The Morgan fingerprint density at radius 1 is 1.22 bits per heavy atom. The van der Waals surface area contributed by atoms with E-state index >= 15 is 0 Å². The second-order valence-corrected chi connectivity index (χ2v) is 6.95. The number of rotatable bonds is 5. The van der Waals surface area contributed by atoms with Crippen LogP contribution in [0.3, 0.4) is 0 Å². The minimum absolute atomic E-state index is 0.00307. The van der Waals surface area contributed by atoms with Gasteiger partial charge in [0.2, 0.25) is 11.8 Å². The number of benzene rings is 1. The van der Waals surface area contributed by atoms with Gasteiger partial charge in [0, 0.05) is 45.0 Å². The van der Waals surface area contributed by atoms with Gasteiger partial charge in [-0.3, -0.25) is 14.6 Å². The van der Waals surface area contributed by atoms with E-state index in [1.807, 2.05) is 21.9 Å². The molecule has 1 aromatic carbocycles. The number of pyridine rings is 1. The fourth-order valence-electron chi connectivity index (χ4n) is 3.51. The fraction of sp³-hybridized carbons (Fsp3) is 0.381. The van der Waals surface area contributed by atoms with Gasteiger partial charge < -0.3 is 9.80 Å². The van der Waals surface area contributed by atoms with Crippen molar-refractivity contribution in [3.63, 3.8) is 0 Å². The topological polar surface area (TPSA) is 53.5 Å². The van der Waals surface area contributed by atoms with Crippen LogP contribution >= 0.6 is 0 Å². The van der Waals surface area contributed by atoms with Crippen LogP contribution < -0.4 is 0 Å². The number of halogens is 1. The van der Waals surface area contributed by atoms with Gasteiger partial charge in [-0.2, -0.15) is 0 Å². The van der Waals surface area contributed by atoms with Crippen molar-refractivity contribution >= 4 is 11.8 Å². The zero-order chi connectivity index (χ0) is 19.2. The van der Waals surface area contributed by atoms with E-state index in [4.69, 9.17) is 0 Å². The summed E-state index contributed by atoms with van der Waals surface area (Å²) in [6.07, 6.45) is 5.45. The van der Waals surface area contributed by atoms with Gasteiger partial charge in [-0.25, -0.2) is 4.39 Å². The monoisotopic (exact) mass is 369 g/mol. The van der Waals surface area contributed by atoms with Gasteiger partial charge in [0.25, 0.3) is 0 Å². The number of aromatic nitrogens is 1. The Morgan fingerprint density at radius 2 is 2.00 bits per heavy atom. The maximum Gasteiger partial charge on any atom is 0.227 e. The summed E-state index contributed by atoms with van der Waals surface area (Å²) >= 11 is 0. The first-order valence-electron chi connectivity index (χ1n) is 9.21. The number of likely N-dealkylation sites (tertiary alicyclic amines) is 1. The first-order chi connectivity index (χ1) is 13.0. The average Bonchev–Trinajstić information content (AvgIpc) is 2.68. The van der Waals surface area contributed by atoms with Crippen molar-refractivity contribution in [3.05, 3.63) is 65.7 Å². The first kappa shape index (κ1) is 19.0. The van der Waals surface area contributed by atoms with Crippen LogP contribution in [0.25, 0.3) is 0 Å². The molecule has 142 valence electrons. The molecule has 2 amide bonds. The van der Waals surface area contributed by atoms with Crippen molar-refractivity contribution in [2.75, 3.05) is 13.1 Å². The molecule has 27 heavy (non-hydrogen) atoms. The summed E-state index contributed by atoms with van der Waals surface area (Å²) in [5, 5.41) is 0. The summed E-state index contributed by atoms with van der Waals surface area (Å²) in [5.41, 5.74) is 1.77. The lowest BCUT2D eigenvalue weighted by Gasteiger charge is -2.39. The molecule has 5 nitrogen and oxygen atoms in total. The summed E-state index contributed by atoms with van der Waals surface area (Å²) in [6, 6.07) is 9.81. The smallest absolute Gasteiger partial charge is 0.227 e. The molecule has 0 N–H and O–H groups in total. The molecular weight excluding hydrogens is 345 g/mol. The van der Waals surface area contributed by atoms with Crippen LogP contribution in [0.4, 0.5) is 4.39 Å². The lowest BCUT2D eigenvalue weighted by atomic mass is 10.0. The van der Waals surface area contributed by atoms with Crippen LogP contribution in [-0.4, -0.2) is 45.7 Å². The third-order valence-electron chi connectivity index (χ3n) is 4.94. The SMILES string of the molecule is CC(=O)N(Cc1cccnc1)C1CCCN(C(=O)Cc2ccc(F)cc2)C1. The lowest BCUT2D eigenvalue weighted by Crippen LogP contribution is -2.51. The van der Waals surface area contributed by atoms with Crippen LogP contribution in [0.2, 0.25) is 0 Å². The van der Waals surface area contributed by atoms with Crippen LogP contribution in [0, 0.1) is 5.82 Å². The third kappa shape index (κ3) is 5.12. The normalized spacial score (nSPS) is 16.8. The summed E-state index contributed by atoms with van der Waals surface area (Å²) in [6.45, 7) is 3.28. The largest absolute Gasteiger partial charge is 0.340 e. The molecule has 1 atom stereocenters. The maximum atomic E-state index is 13.0. The van der Waals surface area contributed by atoms with Crippen LogP contribution in [0.15, 0.2) is 48.8 Å². The zero-order valence-corrected chi connectivity index (χ0v) is 15.5. The lowest BCUT2D eigenvalue weighted by molar-refractivity contribution is -0.138. The molecule has 0 radical (unpaired) electrons. The van der Waals surface area contributed by atoms with Gasteiger partial charge in [-0.05, 0) is 42.2 Å². The van der Waals surface area contributed by atoms with E-state index in [0.29, 0.717) is 19.6 Å². The van der Waals surface area contributed by atoms with Gasteiger partial charge in [-0.1, -0.05) is 18.2 Å². The second-order valence-electron chi connectivity index (χ2n) is 6.95. The highest BCUT2D eigenvalue weighted by Crippen LogP contribution is 2.19. The van der Waals surface area contributed by atoms with Crippen LogP contribution in [0.1, 0.15) is 30.9 Å². The number of carbonyl (C=O) groups excluding carboxylic acids is 2. The van der Waals surface area contributed by atoms with Crippen molar-refractivity contribution in [1.82, 2.24) is 14.8 Å². The van der Waals surface area contributed by atoms with E-state index in [-0.39, 0.29) is 30.1 Å². The van der Waals surface area contributed by atoms with E-state index in [2.05, 4.69) is 4.98 Å². The van der Waals surface area contributed by atoms with Crippen molar-refractivity contribution in [2.24, 2.45) is 0 Å². The molecule has 1 unspecified atom stereocenters. The Kier molecular flexibility index (Phi) is 6.16. The number of carbonyl (C=O) groups is 2. The van der Waals surface area contributed by atoms with E-state index in [1.54, 1.807) is 31.5 Å². The highest BCUT2D eigenvalue weighted by molar-refractivity contribution is 5.79. The Labute approximate surface area is 158 Å². The summed E-state index contributed by atoms with van der Waals surface area (Å²) in [7, 11) is 0. The molecule has 0 spiro atoms. The molecule has 1 saturated heterocycles. The van der Waals surface area contributed by atoms with Crippen molar-refractivity contribution in [3.8, 4) is 0 Å². The maximum absolute atomic E-state index is 13.0. The predicted molar refractivity (Wildman–Crippen MR) is 100 cm³/mol. The number of hydrogen-bond acceptors (Lipinski definition) is 3. The minimum atomic E-state index is -0.309. The fourth-order valence-corrected chi connectivity index (χ4v) is 3.51. The van der Waals surface area contributed by atoms with Crippen molar-refractivity contribution in [2.45, 2.75) is 38.8 Å². The molecule has 1 aliphatic heterocycles. The van der Waals surface area contributed by atoms with Gasteiger partial charge in [-0.15, -0.1) is 0 Å². The van der Waals surface area contributed by atoms with E-state index in [1.165, 1.54) is 12.1 Å². The number of hydrogen-bond donors (Lipinski definition) is 0. The van der Waals surface area contributed by atoms with Gasteiger partial charge in [0.15, 0.2) is 0 Å². The van der Waals surface area contributed by atoms with Gasteiger partial charge in [0.1, 0.15) is 5.82 Å². The summed E-state index contributed by atoms with van der Waals surface area (Å²) < 4.78 is 13.0. The van der Waals surface area contributed by atoms with Gasteiger partial charge >= 0.3 is 0 Å². The molecule has 1 aromatic heterocycles. The molecule has 1 aliphatic rings. The molecule has 3 rings (SSSR count). The van der Waals surface area contributed by atoms with Crippen LogP contribution in [-0.2, 0) is 22.6 Å². The average molecular weight is 369 g/mol. The molecular formula is C21H24FN3O2. The van der Waals surface area contributed by atoms with E-state index in [9.17, 15) is 14.0 Å². The van der Waals surface area contributed by atoms with E-state index in [0.717, 1.165) is 24.0 Å². The molecule has 2 heterocycles. The van der Waals surface area contributed by atoms with Crippen molar-refractivity contribution < 1.29 is 14.0 Å². The third-order valence-corrected chi connectivity index (χ3v) is 4.94. The molecule has 6 heteroatoms. The Hall–Kier alpha value is -2.76. The molecule has 0 saturated carbocycles. The first-order valence-corrected chi connectivity index (χ1v) is 9.21. The molecule has 2 aromatic rings. The highest BCUT2D eigenvalue weighted by atomic mass is 19.1. The molecule has 0 bridgehead atoms. The Balaban J connectivity index is 1.65. The second kappa shape index (κ2) is 8.75. The Bertz CT molecular complexity index is 780. The highest BCUT2D eigenvalue weighted by Gasteiger charge is 2.29. The zero-order valence-electron chi connectivity index (χ0n) is 15.5. The van der Waals surface area contributed by atoms with Gasteiger partial charge in [0.05, 0.1) is 6.42 Å². The quantitative estimate of drug-likeness (QED) is 0.814. The number of amides is 2. The van der Waals surface area contributed by atoms with Crippen LogP contribution in [0.5, 0.6) is 0 Å². The number of nitrogens with zero attached hydrogens (tertiary/aromatic N) is 3.